The van der Waals surface area contributed by atoms with Crippen LogP contribution in [-0.2, 0) is 11.3 Å². The molecule has 0 aliphatic heterocycles. The fraction of sp³-hybridized carbons (Fsp3) is 0.0769. The van der Waals surface area contributed by atoms with Crippen LogP contribution in [0.5, 0.6) is 0 Å². The van der Waals surface area contributed by atoms with Crippen LogP contribution in [0.3, 0.4) is 0 Å². The van der Waals surface area contributed by atoms with Crippen molar-refractivity contribution in [3.05, 3.63) is 58.3 Å². The molecular formula is C13H11BrN2O2. The molecule has 4 nitrogen and oxygen atoms in total. The summed E-state index contributed by atoms with van der Waals surface area (Å²) in [6, 6.07) is 8.59. The summed E-state index contributed by atoms with van der Waals surface area (Å²) in [5.74, 6) is -0.405. The predicted molar refractivity (Wildman–Crippen MR) is 71.9 cm³/mol. The average Bonchev–Trinajstić information content (AvgIpc) is 2.40. The monoisotopic (exact) mass is 306 g/mol. The quantitative estimate of drug-likeness (QED) is 0.699. The number of nitrogens with two attached hydrogens (primary N) is 1. The van der Waals surface area contributed by atoms with Crippen LogP contribution in [0.15, 0.2) is 47.2 Å². The second kappa shape index (κ2) is 5.64. The zero-order valence-corrected chi connectivity index (χ0v) is 11.1. The highest BCUT2D eigenvalue weighted by Gasteiger charge is 2.09. The third-order valence-corrected chi connectivity index (χ3v) is 3.05. The molecule has 0 aliphatic carbocycles. The zero-order chi connectivity index (χ0) is 13.0. The van der Waals surface area contributed by atoms with Gasteiger partial charge in [0.15, 0.2) is 0 Å². The lowest BCUT2D eigenvalue weighted by molar-refractivity contribution is 0.0472. The van der Waals surface area contributed by atoms with Crippen molar-refractivity contribution in [2.75, 3.05) is 5.73 Å². The first-order chi connectivity index (χ1) is 8.66. The van der Waals surface area contributed by atoms with E-state index in [0.717, 1.165) is 10.0 Å². The third kappa shape index (κ3) is 3.07. The molecule has 0 saturated carbocycles. The number of nitrogens with zero attached hydrogens (tertiary/aromatic N) is 1. The summed E-state index contributed by atoms with van der Waals surface area (Å²) in [7, 11) is 0. The lowest BCUT2D eigenvalue weighted by atomic mass is 10.2. The summed E-state index contributed by atoms with van der Waals surface area (Å²) in [5.41, 5.74) is 7.48. The van der Waals surface area contributed by atoms with E-state index in [9.17, 15) is 4.79 Å². The number of pyridine rings is 1. The Labute approximate surface area is 113 Å². The Bertz CT molecular complexity index is 558. The minimum atomic E-state index is -0.405. The van der Waals surface area contributed by atoms with Gasteiger partial charge < -0.3 is 10.5 Å². The summed E-state index contributed by atoms with van der Waals surface area (Å²) >= 11 is 3.27. The Balaban J connectivity index is 2.02. The Hall–Kier alpha value is -1.88. The highest BCUT2D eigenvalue weighted by Crippen LogP contribution is 2.20. The van der Waals surface area contributed by atoms with Crippen molar-refractivity contribution in [3.63, 3.8) is 0 Å². The molecule has 0 saturated heterocycles. The fourth-order valence-corrected chi connectivity index (χ4v) is 1.63. The van der Waals surface area contributed by atoms with E-state index in [-0.39, 0.29) is 6.61 Å². The van der Waals surface area contributed by atoms with E-state index in [1.165, 1.54) is 0 Å². The number of esters is 1. The van der Waals surface area contributed by atoms with Gasteiger partial charge in [0.25, 0.3) is 0 Å². The molecular weight excluding hydrogens is 296 g/mol. The van der Waals surface area contributed by atoms with Crippen LogP contribution in [0.2, 0.25) is 0 Å². The molecule has 0 spiro atoms. The van der Waals surface area contributed by atoms with Crippen molar-refractivity contribution in [1.29, 1.82) is 0 Å². The van der Waals surface area contributed by atoms with E-state index >= 15 is 0 Å². The number of hydrogen-bond donors (Lipinski definition) is 1. The van der Waals surface area contributed by atoms with Gasteiger partial charge in [0.05, 0.1) is 5.56 Å². The van der Waals surface area contributed by atoms with Crippen LogP contribution >= 0.6 is 15.9 Å². The van der Waals surface area contributed by atoms with Crippen molar-refractivity contribution in [2.45, 2.75) is 6.61 Å². The van der Waals surface area contributed by atoms with E-state index < -0.39 is 5.97 Å². The number of nitrogen functional groups attached to an aromatic ring is 1. The summed E-state index contributed by atoms with van der Waals surface area (Å²) in [6.45, 7) is 0.197. The van der Waals surface area contributed by atoms with Gasteiger partial charge >= 0.3 is 5.97 Å². The highest BCUT2D eigenvalue weighted by molar-refractivity contribution is 9.10. The topological polar surface area (TPSA) is 65.2 Å². The van der Waals surface area contributed by atoms with Gasteiger partial charge in [0.2, 0.25) is 0 Å². The molecule has 0 fully saturated rings. The molecule has 1 heterocycles. The van der Waals surface area contributed by atoms with Crippen LogP contribution in [0.4, 0.5) is 5.69 Å². The minimum absolute atomic E-state index is 0.197. The number of ether oxygens (including phenoxy) is 1. The summed E-state index contributed by atoms with van der Waals surface area (Å²) < 4.78 is 5.92. The number of halogens is 1. The van der Waals surface area contributed by atoms with Gasteiger partial charge in [0.1, 0.15) is 6.61 Å². The Kier molecular flexibility index (Phi) is 3.94. The van der Waals surface area contributed by atoms with Crippen LogP contribution in [0.25, 0.3) is 0 Å². The maximum atomic E-state index is 11.8. The predicted octanol–water partition coefficient (Wildman–Crippen LogP) is 2.78. The Morgan fingerprint density at radius 2 is 2.22 bits per heavy atom. The molecule has 5 heteroatoms. The number of rotatable bonds is 3. The van der Waals surface area contributed by atoms with Crippen LogP contribution in [0, 0.1) is 0 Å². The summed E-state index contributed by atoms with van der Waals surface area (Å²) in [6.07, 6.45) is 3.32. The van der Waals surface area contributed by atoms with Crippen LogP contribution < -0.4 is 5.73 Å². The van der Waals surface area contributed by atoms with Crippen molar-refractivity contribution < 1.29 is 9.53 Å². The van der Waals surface area contributed by atoms with E-state index in [1.807, 2.05) is 6.07 Å². The van der Waals surface area contributed by atoms with E-state index in [1.54, 1.807) is 36.7 Å². The van der Waals surface area contributed by atoms with Gasteiger partial charge in [0, 0.05) is 28.1 Å². The number of benzene rings is 1. The normalized spacial score (nSPS) is 10.1. The van der Waals surface area contributed by atoms with Gasteiger partial charge in [-0.3, -0.25) is 4.98 Å². The van der Waals surface area contributed by atoms with Crippen LogP contribution in [0.1, 0.15) is 15.9 Å². The molecule has 1 aromatic carbocycles. The van der Waals surface area contributed by atoms with Gasteiger partial charge in [-0.1, -0.05) is 6.07 Å². The minimum Gasteiger partial charge on any atom is -0.457 e. The maximum Gasteiger partial charge on any atom is 0.338 e. The average molecular weight is 307 g/mol. The zero-order valence-electron chi connectivity index (χ0n) is 9.47. The number of carbonyl (C=O) groups excluding carboxylic acids is 1. The SMILES string of the molecule is Nc1cc(C(=O)OCc2cccnc2)ccc1Br. The fourth-order valence-electron chi connectivity index (χ4n) is 1.39. The molecule has 2 rings (SSSR count). The maximum absolute atomic E-state index is 11.8. The molecule has 2 aromatic rings. The van der Waals surface area contributed by atoms with Gasteiger partial charge in [-0.25, -0.2) is 4.79 Å². The number of anilines is 1. The molecule has 0 atom stereocenters. The first-order valence-electron chi connectivity index (χ1n) is 5.28. The smallest absolute Gasteiger partial charge is 0.338 e. The molecule has 0 unspecified atom stereocenters. The van der Waals surface area contributed by atoms with Gasteiger partial charge in [-0.15, -0.1) is 0 Å². The number of aromatic nitrogens is 1. The van der Waals surface area contributed by atoms with E-state index in [0.29, 0.717) is 11.3 Å². The van der Waals surface area contributed by atoms with Gasteiger partial charge in [-0.2, -0.15) is 0 Å². The Morgan fingerprint density at radius 3 is 2.89 bits per heavy atom. The molecule has 92 valence electrons. The molecule has 0 radical (unpaired) electrons. The number of hydrogen-bond acceptors (Lipinski definition) is 4. The summed E-state index contributed by atoms with van der Waals surface area (Å²) in [5, 5.41) is 0. The van der Waals surface area contributed by atoms with Crippen molar-refractivity contribution in [2.24, 2.45) is 0 Å². The lowest BCUT2D eigenvalue weighted by Crippen LogP contribution is -2.06. The van der Waals surface area contributed by atoms with Crippen molar-refractivity contribution in [1.82, 2.24) is 4.98 Å². The lowest BCUT2D eigenvalue weighted by Gasteiger charge is -2.06. The second-order valence-electron chi connectivity index (χ2n) is 3.67. The first-order valence-corrected chi connectivity index (χ1v) is 6.07. The van der Waals surface area contributed by atoms with Crippen LogP contribution in [-0.4, -0.2) is 11.0 Å². The highest BCUT2D eigenvalue weighted by atomic mass is 79.9. The molecule has 1 aromatic heterocycles. The summed E-state index contributed by atoms with van der Waals surface area (Å²) in [4.78, 5) is 15.7. The molecule has 0 amide bonds. The third-order valence-electron chi connectivity index (χ3n) is 2.32. The molecule has 18 heavy (non-hydrogen) atoms. The van der Waals surface area contributed by atoms with Crippen molar-refractivity contribution in [3.8, 4) is 0 Å². The second-order valence-corrected chi connectivity index (χ2v) is 4.53. The first kappa shape index (κ1) is 12.6. The molecule has 0 bridgehead atoms. The van der Waals surface area contributed by atoms with Gasteiger partial charge in [-0.05, 0) is 40.2 Å². The van der Waals surface area contributed by atoms with Crippen molar-refractivity contribution >= 4 is 27.6 Å². The largest absolute Gasteiger partial charge is 0.457 e. The molecule has 0 aliphatic rings. The van der Waals surface area contributed by atoms with E-state index in [4.69, 9.17) is 10.5 Å². The molecule has 2 N–H and O–H groups in total. The number of carbonyl (C=O) groups is 1. The Morgan fingerprint density at radius 1 is 1.39 bits per heavy atom. The van der Waals surface area contributed by atoms with E-state index in [2.05, 4.69) is 20.9 Å². The standard InChI is InChI=1S/C13H11BrN2O2/c14-11-4-3-10(6-12(11)15)13(17)18-8-9-2-1-5-16-7-9/h1-7H,8,15H2.